The maximum atomic E-state index is 5.91. The number of hydrogen-bond donors (Lipinski definition) is 0. The molecular weight excluding hydrogens is 316 g/mol. The van der Waals surface area contributed by atoms with E-state index in [2.05, 4.69) is 90.9 Å². The molecule has 0 N–H and O–H groups in total. The van der Waals surface area contributed by atoms with Gasteiger partial charge in [0.05, 0.1) is 7.11 Å². The standard InChI is InChI=1S/C25H31O/c1-16-12-17-10-9-11-19(20(17)13-16)18-14-21(24(2,3)4)23(26-8)22(15-18)25(5,6)7/h9-15H,1-8H3/q-1. The summed E-state index contributed by atoms with van der Waals surface area (Å²) in [7, 11) is 1.79. The van der Waals surface area contributed by atoms with Crippen molar-refractivity contribution in [3.05, 3.63) is 59.2 Å². The second-order valence-electron chi connectivity index (χ2n) is 9.45. The highest BCUT2D eigenvalue weighted by Gasteiger charge is 2.27. The molecule has 0 heterocycles. The topological polar surface area (TPSA) is 9.23 Å². The minimum atomic E-state index is 0.0111. The van der Waals surface area contributed by atoms with Gasteiger partial charge in [0.25, 0.3) is 0 Å². The molecule has 138 valence electrons. The van der Waals surface area contributed by atoms with Gasteiger partial charge >= 0.3 is 0 Å². The van der Waals surface area contributed by atoms with Crippen molar-refractivity contribution >= 4 is 10.8 Å². The Morgan fingerprint density at radius 2 is 1.42 bits per heavy atom. The minimum Gasteiger partial charge on any atom is -0.496 e. The fourth-order valence-electron chi connectivity index (χ4n) is 3.75. The average molecular weight is 348 g/mol. The normalized spacial score (nSPS) is 12.6. The molecule has 1 heteroatoms. The quantitative estimate of drug-likeness (QED) is 0.448. The third-order valence-corrected chi connectivity index (χ3v) is 5.12. The molecule has 26 heavy (non-hydrogen) atoms. The van der Waals surface area contributed by atoms with Crippen LogP contribution in [0.5, 0.6) is 5.75 Å². The third-order valence-electron chi connectivity index (χ3n) is 5.12. The van der Waals surface area contributed by atoms with Gasteiger partial charge in [-0.3, -0.25) is 0 Å². The first-order valence-corrected chi connectivity index (χ1v) is 9.42. The molecule has 3 aromatic rings. The van der Waals surface area contributed by atoms with Gasteiger partial charge in [-0.15, -0.1) is 41.3 Å². The van der Waals surface area contributed by atoms with E-state index in [1.54, 1.807) is 7.11 Å². The first-order chi connectivity index (χ1) is 12.0. The highest BCUT2D eigenvalue weighted by atomic mass is 16.5. The molecule has 0 atom stereocenters. The summed E-state index contributed by atoms with van der Waals surface area (Å²) in [4.78, 5) is 0. The lowest BCUT2D eigenvalue weighted by Crippen LogP contribution is -2.19. The first-order valence-electron chi connectivity index (χ1n) is 9.42. The Labute approximate surface area is 158 Å². The molecule has 1 nitrogen and oxygen atoms in total. The summed E-state index contributed by atoms with van der Waals surface area (Å²) in [5, 5.41) is 2.64. The molecule has 0 saturated carbocycles. The zero-order chi connectivity index (χ0) is 19.3. The fourth-order valence-corrected chi connectivity index (χ4v) is 3.75. The molecule has 0 radical (unpaired) electrons. The van der Waals surface area contributed by atoms with Gasteiger partial charge in [-0.25, -0.2) is 0 Å². The van der Waals surface area contributed by atoms with E-state index in [0.29, 0.717) is 0 Å². The minimum absolute atomic E-state index is 0.0111. The zero-order valence-corrected chi connectivity index (χ0v) is 17.4. The van der Waals surface area contributed by atoms with Crippen molar-refractivity contribution in [3.8, 4) is 16.9 Å². The second kappa shape index (κ2) is 6.23. The Morgan fingerprint density at radius 3 is 1.92 bits per heavy atom. The fraction of sp³-hybridized carbons (Fsp3) is 0.400. The Morgan fingerprint density at radius 1 is 0.846 bits per heavy atom. The highest BCUT2D eigenvalue weighted by molar-refractivity contribution is 5.98. The Kier molecular flexibility index (Phi) is 4.46. The summed E-state index contributed by atoms with van der Waals surface area (Å²) in [6.45, 7) is 15.7. The summed E-state index contributed by atoms with van der Waals surface area (Å²) < 4.78 is 5.91. The Hall–Kier alpha value is -2.15. The molecule has 0 saturated heterocycles. The maximum absolute atomic E-state index is 5.91. The van der Waals surface area contributed by atoms with Crippen molar-refractivity contribution < 1.29 is 4.74 Å². The number of rotatable bonds is 2. The lowest BCUT2D eigenvalue weighted by molar-refractivity contribution is 0.381. The van der Waals surface area contributed by atoms with Crippen LogP contribution in [-0.2, 0) is 10.8 Å². The van der Waals surface area contributed by atoms with E-state index in [4.69, 9.17) is 4.74 Å². The van der Waals surface area contributed by atoms with Crippen LogP contribution in [0.25, 0.3) is 21.9 Å². The van der Waals surface area contributed by atoms with Crippen LogP contribution in [0.2, 0.25) is 0 Å². The van der Waals surface area contributed by atoms with Gasteiger partial charge in [-0.2, -0.15) is 0 Å². The van der Waals surface area contributed by atoms with Crippen LogP contribution >= 0.6 is 0 Å². The molecule has 0 spiro atoms. The van der Waals surface area contributed by atoms with E-state index >= 15 is 0 Å². The lowest BCUT2D eigenvalue weighted by atomic mass is 9.77. The van der Waals surface area contributed by atoms with E-state index in [1.165, 1.54) is 38.6 Å². The van der Waals surface area contributed by atoms with E-state index in [1.807, 2.05) is 0 Å². The van der Waals surface area contributed by atoms with Crippen molar-refractivity contribution in [2.75, 3.05) is 7.11 Å². The number of ether oxygens (including phenoxy) is 1. The van der Waals surface area contributed by atoms with Crippen molar-refractivity contribution in [3.63, 3.8) is 0 Å². The van der Waals surface area contributed by atoms with Crippen LogP contribution in [0.15, 0.2) is 42.5 Å². The van der Waals surface area contributed by atoms with Crippen molar-refractivity contribution in [1.82, 2.24) is 0 Å². The molecule has 0 aromatic heterocycles. The largest absolute Gasteiger partial charge is 0.496 e. The van der Waals surface area contributed by atoms with Crippen LogP contribution < -0.4 is 4.74 Å². The molecule has 0 aliphatic rings. The average Bonchev–Trinajstić information content (AvgIpc) is 2.91. The number of fused-ring (bicyclic) bond motifs is 1. The van der Waals surface area contributed by atoms with Crippen LogP contribution in [0.1, 0.15) is 58.2 Å². The molecular formula is C25H31O-. The zero-order valence-electron chi connectivity index (χ0n) is 17.4. The number of hydrogen-bond acceptors (Lipinski definition) is 1. The summed E-state index contributed by atoms with van der Waals surface area (Å²) in [6.07, 6.45) is 0. The summed E-state index contributed by atoms with van der Waals surface area (Å²) in [5.74, 6) is 1.03. The predicted molar refractivity (Wildman–Crippen MR) is 114 cm³/mol. The SMILES string of the molecule is COc1c(C(C)(C)C)cc(-c2cccc3cc(C)c[c-]23)cc1C(C)(C)C. The lowest BCUT2D eigenvalue weighted by Gasteiger charge is -2.31. The number of benzene rings is 2. The maximum Gasteiger partial charge on any atom is 0.125 e. The molecule has 3 aromatic carbocycles. The number of aryl methyl sites for hydroxylation is 1. The van der Waals surface area contributed by atoms with Gasteiger partial charge in [0.2, 0.25) is 0 Å². The monoisotopic (exact) mass is 347 g/mol. The first kappa shape index (κ1) is 18.6. The highest BCUT2D eigenvalue weighted by Crippen LogP contribution is 2.43. The van der Waals surface area contributed by atoms with Crippen LogP contribution in [0.4, 0.5) is 0 Å². The van der Waals surface area contributed by atoms with Crippen LogP contribution in [-0.4, -0.2) is 7.11 Å². The Bertz CT molecular complexity index is 907. The van der Waals surface area contributed by atoms with E-state index in [9.17, 15) is 0 Å². The molecule has 0 amide bonds. The van der Waals surface area contributed by atoms with Crippen LogP contribution in [0.3, 0.4) is 0 Å². The van der Waals surface area contributed by atoms with E-state index < -0.39 is 0 Å². The van der Waals surface area contributed by atoms with Crippen molar-refractivity contribution in [1.29, 1.82) is 0 Å². The van der Waals surface area contributed by atoms with E-state index in [-0.39, 0.29) is 10.8 Å². The molecule has 3 rings (SSSR count). The molecule has 0 unspecified atom stereocenters. The van der Waals surface area contributed by atoms with Gasteiger partial charge < -0.3 is 4.74 Å². The summed E-state index contributed by atoms with van der Waals surface area (Å²) >= 11 is 0. The van der Waals surface area contributed by atoms with Gasteiger partial charge in [0.15, 0.2) is 0 Å². The van der Waals surface area contributed by atoms with Gasteiger partial charge in [0.1, 0.15) is 5.75 Å². The molecule has 0 aliphatic heterocycles. The van der Waals surface area contributed by atoms with Crippen molar-refractivity contribution in [2.24, 2.45) is 0 Å². The molecule has 0 fully saturated rings. The smallest absolute Gasteiger partial charge is 0.125 e. The molecule has 0 aliphatic carbocycles. The second-order valence-corrected chi connectivity index (χ2v) is 9.45. The Balaban J connectivity index is 2.38. The third kappa shape index (κ3) is 3.28. The predicted octanol–water partition coefficient (Wildman–Crippen LogP) is 7.14. The van der Waals surface area contributed by atoms with Crippen molar-refractivity contribution in [2.45, 2.75) is 59.3 Å². The summed E-state index contributed by atoms with van der Waals surface area (Å²) in [5.41, 5.74) is 6.44. The van der Waals surface area contributed by atoms with Gasteiger partial charge in [-0.1, -0.05) is 77.1 Å². The van der Waals surface area contributed by atoms with Gasteiger partial charge in [-0.05, 0) is 22.0 Å². The van der Waals surface area contributed by atoms with E-state index in [0.717, 1.165) is 5.75 Å². The molecule has 0 bridgehead atoms. The van der Waals surface area contributed by atoms with Crippen LogP contribution in [0, 0.1) is 6.92 Å². The summed E-state index contributed by atoms with van der Waals surface area (Å²) in [6, 6.07) is 15.8. The number of methoxy groups -OCH3 is 1. The van der Waals surface area contributed by atoms with Gasteiger partial charge in [0, 0.05) is 0 Å².